The van der Waals surface area contributed by atoms with Crippen molar-refractivity contribution in [3.05, 3.63) is 78.4 Å². The van der Waals surface area contributed by atoms with E-state index in [0.29, 0.717) is 28.6 Å². The predicted molar refractivity (Wildman–Crippen MR) is 120 cm³/mol. The van der Waals surface area contributed by atoms with Gasteiger partial charge in [-0.25, -0.2) is 8.42 Å². The van der Waals surface area contributed by atoms with Gasteiger partial charge in [-0.1, -0.05) is 0 Å². The number of amides is 1. The van der Waals surface area contributed by atoms with Crippen molar-refractivity contribution in [1.82, 2.24) is 25.2 Å². The van der Waals surface area contributed by atoms with Crippen LogP contribution in [0, 0.1) is 6.92 Å². The standard InChI is InChI=1S/C21H19N7O4S/c1-14-24-26-27-28(14)19-13-17(5-8-20(19)32-2)23-21(29)15-3-6-18(7-4-15)33(30,31)25-16-9-11-22-12-10-16/h3-13H,1-2H3,(H,22,25)(H,23,29). The molecule has 4 rings (SSSR count). The van der Waals surface area contributed by atoms with Crippen LogP contribution in [0.1, 0.15) is 16.2 Å². The highest BCUT2D eigenvalue weighted by molar-refractivity contribution is 7.92. The van der Waals surface area contributed by atoms with E-state index in [1.54, 1.807) is 37.3 Å². The van der Waals surface area contributed by atoms with Crippen LogP contribution in [0.3, 0.4) is 0 Å². The molecule has 0 fully saturated rings. The maximum absolute atomic E-state index is 12.7. The van der Waals surface area contributed by atoms with Crippen LogP contribution in [0.5, 0.6) is 5.75 Å². The van der Waals surface area contributed by atoms with Crippen molar-refractivity contribution < 1.29 is 17.9 Å². The van der Waals surface area contributed by atoms with Crippen molar-refractivity contribution in [2.75, 3.05) is 17.1 Å². The highest BCUT2D eigenvalue weighted by Gasteiger charge is 2.16. The second kappa shape index (κ2) is 9.04. The number of ether oxygens (including phenoxy) is 1. The fraction of sp³-hybridized carbons (Fsp3) is 0.0952. The molecule has 0 radical (unpaired) electrons. The summed E-state index contributed by atoms with van der Waals surface area (Å²) in [5.74, 6) is 0.666. The zero-order valence-corrected chi connectivity index (χ0v) is 18.4. The minimum atomic E-state index is -3.80. The van der Waals surface area contributed by atoms with Crippen LogP contribution in [0.2, 0.25) is 0 Å². The second-order valence-electron chi connectivity index (χ2n) is 6.84. The first-order chi connectivity index (χ1) is 15.9. The van der Waals surface area contributed by atoms with E-state index >= 15 is 0 Å². The molecule has 4 aromatic rings. The Hall–Kier alpha value is -4.32. The Balaban J connectivity index is 1.52. The number of nitrogens with one attached hydrogen (secondary N) is 2. The molecule has 2 heterocycles. The summed E-state index contributed by atoms with van der Waals surface area (Å²) in [6, 6.07) is 13.7. The number of benzene rings is 2. The number of rotatable bonds is 7. The number of carbonyl (C=O) groups excluding carboxylic acids is 1. The number of tetrazole rings is 1. The minimum absolute atomic E-state index is 0.0248. The van der Waals surface area contributed by atoms with Gasteiger partial charge in [-0.2, -0.15) is 4.68 Å². The van der Waals surface area contributed by atoms with Crippen LogP contribution in [0.4, 0.5) is 11.4 Å². The average Bonchev–Trinajstić information content (AvgIpc) is 3.25. The fourth-order valence-corrected chi connectivity index (χ4v) is 4.07. The highest BCUT2D eigenvalue weighted by atomic mass is 32.2. The van der Waals surface area contributed by atoms with Crippen LogP contribution in [0.15, 0.2) is 71.9 Å². The van der Waals surface area contributed by atoms with Crippen LogP contribution in [0.25, 0.3) is 5.69 Å². The molecule has 0 spiro atoms. The molecule has 168 valence electrons. The second-order valence-corrected chi connectivity index (χ2v) is 8.53. The summed E-state index contributed by atoms with van der Waals surface area (Å²) in [6.45, 7) is 1.74. The molecule has 0 aliphatic rings. The van der Waals surface area contributed by atoms with E-state index in [-0.39, 0.29) is 10.5 Å². The molecule has 0 saturated carbocycles. The number of methoxy groups -OCH3 is 1. The first kappa shape index (κ1) is 21.9. The van der Waals surface area contributed by atoms with Gasteiger partial charge < -0.3 is 10.1 Å². The quantitative estimate of drug-likeness (QED) is 0.424. The van der Waals surface area contributed by atoms with Crippen LogP contribution in [-0.4, -0.2) is 46.6 Å². The van der Waals surface area contributed by atoms with Gasteiger partial charge in [0.15, 0.2) is 5.82 Å². The fourth-order valence-electron chi connectivity index (χ4n) is 3.01. The number of hydrogen-bond acceptors (Lipinski definition) is 8. The molecule has 2 aromatic heterocycles. The van der Waals surface area contributed by atoms with Crippen LogP contribution in [-0.2, 0) is 10.0 Å². The van der Waals surface area contributed by atoms with E-state index in [2.05, 4.69) is 30.5 Å². The number of aryl methyl sites for hydroxylation is 1. The van der Waals surface area contributed by atoms with Gasteiger partial charge in [0.2, 0.25) is 0 Å². The molecule has 2 aromatic carbocycles. The van der Waals surface area contributed by atoms with Gasteiger partial charge in [0.1, 0.15) is 11.4 Å². The van der Waals surface area contributed by atoms with Gasteiger partial charge in [-0.15, -0.1) is 5.10 Å². The highest BCUT2D eigenvalue weighted by Crippen LogP contribution is 2.27. The molecule has 33 heavy (non-hydrogen) atoms. The summed E-state index contributed by atoms with van der Waals surface area (Å²) in [4.78, 5) is 16.6. The smallest absolute Gasteiger partial charge is 0.261 e. The molecular weight excluding hydrogens is 446 g/mol. The summed E-state index contributed by atoms with van der Waals surface area (Å²) in [6.07, 6.45) is 2.97. The lowest BCUT2D eigenvalue weighted by molar-refractivity contribution is 0.102. The third-order valence-electron chi connectivity index (χ3n) is 4.65. The average molecular weight is 465 g/mol. The first-order valence-corrected chi connectivity index (χ1v) is 11.1. The number of anilines is 2. The van der Waals surface area contributed by atoms with E-state index < -0.39 is 15.9 Å². The molecule has 12 heteroatoms. The maximum Gasteiger partial charge on any atom is 0.261 e. The Bertz CT molecular complexity index is 1390. The Morgan fingerprint density at radius 1 is 1.00 bits per heavy atom. The first-order valence-electron chi connectivity index (χ1n) is 9.65. The normalized spacial score (nSPS) is 11.1. The molecule has 0 unspecified atom stereocenters. The van der Waals surface area contributed by atoms with Crippen LogP contribution < -0.4 is 14.8 Å². The molecule has 1 amide bonds. The Labute approximate surface area is 189 Å². The Kier molecular flexibility index (Phi) is 6.00. The van der Waals surface area contributed by atoms with Crippen molar-refractivity contribution >= 4 is 27.3 Å². The van der Waals surface area contributed by atoms with Crippen molar-refractivity contribution in [3.8, 4) is 11.4 Å². The molecule has 0 aliphatic heterocycles. The van der Waals surface area contributed by atoms with E-state index in [1.165, 1.54) is 48.5 Å². The van der Waals surface area contributed by atoms with Gasteiger partial charge in [-0.3, -0.25) is 14.5 Å². The SMILES string of the molecule is COc1ccc(NC(=O)c2ccc(S(=O)(=O)Nc3ccncc3)cc2)cc1-n1nnnc1C. The number of pyridine rings is 1. The van der Waals surface area contributed by atoms with Crippen molar-refractivity contribution in [3.63, 3.8) is 0 Å². The van der Waals surface area contributed by atoms with Gasteiger partial charge in [0, 0.05) is 23.6 Å². The summed E-state index contributed by atoms with van der Waals surface area (Å²) in [5, 5.41) is 14.2. The molecule has 0 atom stereocenters. The number of aromatic nitrogens is 5. The van der Waals surface area contributed by atoms with E-state index in [0.717, 1.165) is 0 Å². The van der Waals surface area contributed by atoms with Crippen molar-refractivity contribution in [2.45, 2.75) is 11.8 Å². The van der Waals surface area contributed by atoms with Gasteiger partial charge >= 0.3 is 0 Å². The van der Waals surface area contributed by atoms with Gasteiger partial charge in [0.05, 0.1) is 17.7 Å². The molecule has 0 bridgehead atoms. The van der Waals surface area contributed by atoms with Gasteiger partial charge in [0.25, 0.3) is 15.9 Å². The number of nitrogens with zero attached hydrogens (tertiary/aromatic N) is 5. The van der Waals surface area contributed by atoms with E-state index in [4.69, 9.17) is 4.74 Å². The summed E-state index contributed by atoms with van der Waals surface area (Å²) in [7, 11) is -2.28. The van der Waals surface area contributed by atoms with E-state index in [1.807, 2.05) is 0 Å². The lowest BCUT2D eigenvalue weighted by Crippen LogP contribution is -2.15. The molecule has 2 N–H and O–H groups in total. The van der Waals surface area contributed by atoms with E-state index in [9.17, 15) is 13.2 Å². The Morgan fingerprint density at radius 3 is 2.36 bits per heavy atom. The number of hydrogen-bond donors (Lipinski definition) is 2. The zero-order chi connectivity index (χ0) is 23.4. The monoisotopic (exact) mass is 465 g/mol. The minimum Gasteiger partial charge on any atom is -0.494 e. The topological polar surface area (TPSA) is 141 Å². The largest absolute Gasteiger partial charge is 0.494 e. The van der Waals surface area contributed by atoms with Crippen molar-refractivity contribution in [2.24, 2.45) is 0 Å². The Morgan fingerprint density at radius 2 is 1.73 bits per heavy atom. The third kappa shape index (κ3) is 4.80. The van der Waals surface area contributed by atoms with Crippen molar-refractivity contribution in [1.29, 1.82) is 0 Å². The predicted octanol–water partition coefficient (Wildman–Crippen LogP) is 2.43. The molecular formula is C21H19N7O4S. The maximum atomic E-state index is 12.7. The third-order valence-corrected chi connectivity index (χ3v) is 6.05. The molecule has 0 saturated heterocycles. The lowest BCUT2D eigenvalue weighted by Gasteiger charge is -2.12. The zero-order valence-electron chi connectivity index (χ0n) is 17.6. The van der Waals surface area contributed by atoms with Crippen LogP contribution >= 0.6 is 0 Å². The van der Waals surface area contributed by atoms with Gasteiger partial charge in [-0.05, 0) is 71.9 Å². The summed E-state index contributed by atoms with van der Waals surface area (Å²) < 4.78 is 34.4. The number of carbonyl (C=O) groups is 1. The lowest BCUT2D eigenvalue weighted by atomic mass is 10.2. The molecule has 0 aliphatic carbocycles. The number of sulfonamides is 1. The summed E-state index contributed by atoms with van der Waals surface area (Å²) in [5.41, 5.74) is 1.72. The summed E-state index contributed by atoms with van der Waals surface area (Å²) >= 11 is 0. The molecule has 11 nitrogen and oxygen atoms in total.